The summed E-state index contributed by atoms with van der Waals surface area (Å²) in [6.45, 7) is 5.14. The molecule has 1 heterocycles. The summed E-state index contributed by atoms with van der Waals surface area (Å²) in [6.07, 6.45) is -0.808. The van der Waals surface area contributed by atoms with Gasteiger partial charge in [0.2, 0.25) is 13.6 Å². The predicted octanol–water partition coefficient (Wildman–Crippen LogP) is 0.894. The molecule has 33 heavy (non-hydrogen) atoms. The number of thioether (sulfide) groups is 1. The first-order valence-electron chi connectivity index (χ1n) is 10.4. The predicted molar refractivity (Wildman–Crippen MR) is 115 cm³/mol. The number of carbonyl (C=O) groups is 5. The second-order valence-electron chi connectivity index (χ2n) is 6.43. The van der Waals surface area contributed by atoms with Gasteiger partial charge < -0.3 is 33.7 Å². The van der Waals surface area contributed by atoms with Crippen LogP contribution in [0.15, 0.2) is 0 Å². The zero-order valence-corrected chi connectivity index (χ0v) is 19.5. The van der Waals surface area contributed by atoms with Crippen LogP contribution in [-0.2, 0) is 42.8 Å². The zero-order valence-electron chi connectivity index (χ0n) is 18.7. The van der Waals surface area contributed by atoms with E-state index in [1.165, 1.54) is 0 Å². The van der Waals surface area contributed by atoms with Crippen LogP contribution in [0.3, 0.4) is 0 Å². The summed E-state index contributed by atoms with van der Waals surface area (Å²) in [6, 6.07) is -1.25. The van der Waals surface area contributed by atoms with Gasteiger partial charge in [-0.3, -0.25) is 14.5 Å². The molecule has 0 aromatic heterocycles. The summed E-state index contributed by atoms with van der Waals surface area (Å²) >= 11 is 0.572. The number of ether oxygens (including phenoxy) is 6. The molecule has 0 aliphatic carbocycles. The molecule has 190 valence electrons. The minimum Gasteiger partial charge on any atom is -0.463 e. The standard InChI is InChI=1S/C19H30N2O11S.H2/c1-3-15(22)29-12-31-18(25)20-14(11-33-19(26)32-13-30-16(23)4-2)17(24)28-10-7-21-5-8-27-9-6-21;/h14H,3-13H2,1-2H3,(H,20,25);1H/t14-;/m0./s1. The molecule has 1 saturated heterocycles. The number of esters is 3. The third-order valence-corrected chi connectivity index (χ3v) is 4.94. The number of morpholine rings is 1. The zero-order chi connectivity index (χ0) is 24.5. The molecule has 1 atom stereocenters. The topological polar surface area (TPSA) is 156 Å². The Labute approximate surface area is 197 Å². The average molecular weight is 497 g/mol. The smallest absolute Gasteiger partial charge is 0.410 e. The lowest BCUT2D eigenvalue weighted by atomic mass is 10.3. The van der Waals surface area contributed by atoms with E-state index in [1.54, 1.807) is 13.8 Å². The Morgan fingerprint density at radius 2 is 1.55 bits per heavy atom. The molecule has 1 rings (SSSR count). The maximum atomic E-state index is 12.4. The maximum Gasteiger partial charge on any atom is 0.410 e. The van der Waals surface area contributed by atoms with Crippen LogP contribution in [0.2, 0.25) is 0 Å². The molecule has 0 spiro atoms. The molecule has 0 aromatic carbocycles. The van der Waals surface area contributed by atoms with E-state index in [4.69, 9.17) is 18.9 Å². The van der Waals surface area contributed by atoms with Gasteiger partial charge in [0.05, 0.1) is 13.2 Å². The van der Waals surface area contributed by atoms with Crippen molar-refractivity contribution in [3.8, 4) is 0 Å². The van der Waals surface area contributed by atoms with Crippen molar-refractivity contribution in [2.75, 3.05) is 58.8 Å². The third-order valence-electron chi connectivity index (χ3n) is 4.08. The van der Waals surface area contributed by atoms with E-state index in [0.29, 0.717) is 44.6 Å². The molecule has 1 amide bonds. The Bertz CT molecular complexity index is 662. The van der Waals surface area contributed by atoms with E-state index < -0.39 is 48.9 Å². The molecule has 0 bridgehead atoms. The SMILES string of the molecule is CCC(=O)OCOC(=O)N[C@@H](CSC(=O)OCOC(=O)CC)C(=O)OCCN1CCOCC1.[HH]. The van der Waals surface area contributed by atoms with Gasteiger partial charge in [0.25, 0.3) is 0 Å². The normalized spacial score (nSPS) is 14.5. The van der Waals surface area contributed by atoms with Gasteiger partial charge in [-0.25, -0.2) is 14.4 Å². The highest BCUT2D eigenvalue weighted by Gasteiger charge is 2.25. The summed E-state index contributed by atoms with van der Waals surface area (Å²) in [7, 11) is 0. The van der Waals surface area contributed by atoms with Gasteiger partial charge in [-0.15, -0.1) is 0 Å². The minimum atomic E-state index is -1.25. The number of nitrogens with zero attached hydrogens (tertiary/aromatic N) is 1. The van der Waals surface area contributed by atoms with Gasteiger partial charge >= 0.3 is 29.3 Å². The number of rotatable bonds is 13. The van der Waals surface area contributed by atoms with E-state index in [-0.39, 0.29) is 26.6 Å². The molecule has 0 saturated carbocycles. The molecule has 1 N–H and O–H groups in total. The van der Waals surface area contributed by atoms with Crippen LogP contribution in [0.5, 0.6) is 0 Å². The molecule has 13 nitrogen and oxygen atoms in total. The van der Waals surface area contributed by atoms with Crippen LogP contribution in [0.25, 0.3) is 0 Å². The molecule has 0 aromatic rings. The quantitative estimate of drug-likeness (QED) is 0.218. The van der Waals surface area contributed by atoms with Gasteiger partial charge in [-0.1, -0.05) is 13.8 Å². The molecule has 1 fully saturated rings. The monoisotopic (exact) mass is 496 g/mol. The van der Waals surface area contributed by atoms with E-state index in [0.717, 1.165) is 0 Å². The Balaban J connectivity index is 0.0000109. The number of hydrogen-bond acceptors (Lipinski definition) is 13. The highest BCUT2D eigenvalue weighted by Crippen LogP contribution is 2.10. The van der Waals surface area contributed by atoms with Crippen LogP contribution in [0.4, 0.5) is 9.59 Å². The maximum absolute atomic E-state index is 12.4. The fourth-order valence-corrected chi connectivity index (χ4v) is 2.90. The molecular formula is C19H32N2O11S. The third kappa shape index (κ3) is 13.5. The summed E-state index contributed by atoms with van der Waals surface area (Å²) in [4.78, 5) is 60.4. The van der Waals surface area contributed by atoms with E-state index in [9.17, 15) is 24.0 Å². The van der Waals surface area contributed by atoms with E-state index in [2.05, 4.69) is 19.7 Å². The summed E-state index contributed by atoms with van der Waals surface area (Å²) in [5.41, 5.74) is 0. The second kappa shape index (κ2) is 17.0. The molecule has 14 heteroatoms. The van der Waals surface area contributed by atoms with Gasteiger partial charge in [0.1, 0.15) is 12.6 Å². The van der Waals surface area contributed by atoms with Gasteiger partial charge in [-0.2, -0.15) is 0 Å². The Morgan fingerprint density at radius 1 is 0.939 bits per heavy atom. The largest absolute Gasteiger partial charge is 0.463 e. The summed E-state index contributed by atoms with van der Waals surface area (Å²) in [5.74, 6) is -2.13. The van der Waals surface area contributed by atoms with Crippen molar-refractivity contribution in [2.24, 2.45) is 0 Å². The number of nitrogens with one attached hydrogen (secondary N) is 1. The average Bonchev–Trinajstić information content (AvgIpc) is 2.81. The minimum absolute atomic E-state index is 0. The van der Waals surface area contributed by atoms with Crippen molar-refractivity contribution in [3.05, 3.63) is 0 Å². The Morgan fingerprint density at radius 3 is 2.15 bits per heavy atom. The molecular weight excluding hydrogens is 464 g/mol. The van der Waals surface area contributed by atoms with Gasteiger partial charge in [0, 0.05) is 39.7 Å². The highest BCUT2D eigenvalue weighted by molar-refractivity contribution is 8.13. The van der Waals surface area contributed by atoms with Gasteiger partial charge in [0.15, 0.2) is 0 Å². The lowest BCUT2D eigenvalue weighted by Gasteiger charge is -2.26. The lowest BCUT2D eigenvalue weighted by molar-refractivity contribution is -0.152. The first-order valence-corrected chi connectivity index (χ1v) is 11.3. The molecule has 1 aliphatic heterocycles. The fourth-order valence-electron chi connectivity index (χ4n) is 2.24. The van der Waals surface area contributed by atoms with Crippen molar-refractivity contribution in [1.82, 2.24) is 10.2 Å². The first-order chi connectivity index (χ1) is 15.8. The van der Waals surface area contributed by atoms with Crippen molar-refractivity contribution >= 4 is 41.1 Å². The van der Waals surface area contributed by atoms with Crippen molar-refractivity contribution in [2.45, 2.75) is 32.7 Å². The Hall–Kier alpha value is -2.58. The summed E-state index contributed by atoms with van der Waals surface area (Å²) in [5, 5.41) is 1.44. The number of alkyl carbamates (subject to hydrolysis) is 1. The van der Waals surface area contributed by atoms with E-state index in [1.807, 2.05) is 0 Å². The summed E-state index contributed by atoms with van der Waals surface area (Å²) < 4.78 is 29.2. The Kier molecular flexibility index (Phi) is 14.6. The van der Waals surface area contributed by atoms with Crippen LogP contribution in [-0.4, -0.2) is 99.0 Å². The highest BCUT2D eigenvalue weighted by atomic mass is 32.2. The fraction of sp³-hybridized carbons (Fsp3) is 0.737. The van der Waals surface area contributed by atoms with Crippen molar-refractivity contribution in [1.29, 1.82) is 0 Å². The molecule has 1 aliphatic rings. The first kappa shape index (κ1) is 28.5. The van der Waals surface area contributed by atoms with Crippen molar-refractivity contribution in [3.63, 3.8) is 0 Å². The van der Waals surface area contributed by atoms with Crippen LogP contribution in [0.1, 0.15) is 28.1 Å². The van der Waals surface area contributed by atoms with Crippen LogP contribution in [0, 0.1) is 0 Å². The molecule has 0 unspecified atom stereocenters. The van der Waals surface area contributed by atoms with Gasteiger partial charge in [-0.05, 0) is 11.8 Å². The second-order valence-corrected chi connectivity index (χ2v) is 7.39. The molecule has 0 radical (unpaired) electrons. The number of carbonyl (C=O) groups excluding carboxylic acids is 5. The number of amides is 1. The van der Waals surface area contributed by atoms with E-state index >= 15 is 0 Å². The van der Waals surface area contributed by atoms with Crippen LogP contribution < -0.4 is 5.32 Å². The van der Waals surface area contributed by atoms with Crippen molar-refractivity contribution < 1.29 is 53.8 Å². The lowest BCUT2D eigenvalue weighted by Crippen LogP contribution is -2.45. The number of hydrogen-bond donors (Lipinski definition) is 1. The van der Waals surface area contributed by atoms with Crippen LogP contribution >= 0.6 is 11.8 Å².